The topological polar surface area (TPSA) is 72.9 Å². The van der Waals surface area contributed by atoms with Crippen molar-refractivity contribution in [3.8, 4) is 11.5 Å². The number of hydrogen-bond donors (Lipinski definition) is 0. The third-order valence-electron chi connectivity index (χ3n) is 4.76. The van der Waals surface area contributed by atoms with Gasteiger partial charge in [0.15, 0.2) is 0 Å². The zero-order valence-electron chi connectivity index (χ0n) is 16.2. The van der Waals surface area contributed by atoms with Crippen molar-refractivity contribution in [2.75, 3.05) is 19.7 Å². The Morgan fingerprint density at radius 3 is 2.31 bits per heavy atom. The van der Waals surface area contributed by atoms with Crippen LogP contribution in [0.25, 0.3) is 0 Å². The third-order valence-corrected chi connectivity index (χ3v) is 6.69. The SMILES string of the molecule is CCCOc1ccc(OC(=O)C2CCN(S(=O)(=O)c3ccccc3F)CC2)cc1. The predicted molar refractivity (Wildman–Crippen MR) is 106 cm³/mol. The van der Waals surface area contributed by atoms with Crippen molar-refractivity contribution in [2.45, 2.75) is 31.1 Å². The second kappa shape index (κ2) is 9.37. The molecule has 1 fully saturated rings. The van der Waals surface area contributed by atoms with E-state index in [1.807, 2.05) is 6.92 Å². The third kappa shape index (κ3) is 5.13. The molecule has 8 heteroatoms. The van der Waals surface area contributed by atoms with Crippen molar-refractivity contribution in [3.63, 3.8) is 0 Å². The lowest BCUT2D eigenvalue weighted by Gasteiger charge is -2.30. The molecule has 29 heavy (non-hydrogen) atoms. The number of nitrogens with zero attached hydrogens (tertiary/aromatic N) is 1. The summed E-state index contributed by atoms with van der Waals surface area (Å²) in [7, 11) is -3.92. The van der Waals surface area contributed by atoms with Gasteiger partial charge in [-0.25, -0.2) is 12.8 Å². The Hall–Kier alpha value is -2.45. The van der Waals surface area contributed by atoms with Gasteiger partial charge < -0.3 is 9.47 Å². The van der Waals surface area contributed by atoms with Crippen LogP contribution in [0.5, 0.6) is 11.5 Å². The molecule has 156 valence electrons. The van der Waals surface area contributed by atoms with Crippen LogP contribution in [0, 0.1) is 11.7 Å². The predicted octanol–water partition coefficient (Wildman–Crippen LogP) is 3.62. The Labute approximate surface area is 170 Å². The van der Waals surface area contributed by atoms with Gasteiger partial charge in [0.1, 0.15) is 22.2 Å². The maximum Gasteiger partial charge on any atom is 0.314 e. The molecule has 1 aliphatic heterocycles. The van der Waals surface area contributed by atoms with E-state index in [4.69, 9.17) is 9.47 Å². The molecule has 0 saturated carbocycles. The summed E-state index contributed by atoms with van der Waals surface area (Å²) in [5.41, 5.74) is 0. The van der Waals surface area contributed by atoms with Gasteiger partial charge in [0.05, 0.1) is 12.5 Å². The summed E-state index contributed by atoms with van der Waals surface area (Å²) >= 11 is 0. The standard InChI is InChI=1S/C21H24FNO5S/c1-2-15-27-17-7-9-18(10-8-17)28-21(24)16-11-13-23(14-12-16)29(25,26)20-6-4-3-5-19(20)22/h3-10,16H,2,11-15H2,1H3. The first-order chi connectivity index (χ1) is 13.9. The number of piperidine rings is 1. The first-order valence-electron chi connectivity index (χ1n) is 9.61. The lowest BCUT2D eigenvalue weighted by Crippen LogP contribution is -2.41. The summed E-state index contributed by atoms with van der Waals surface area (Å²) in [5.74, 6) is -0.452. The van der Waals surface area contributed by atoms with E-state index in [0.29, 0.717) is 30.9 Å². The Balaban J connectivity index is 1.56. The van der Waals surface area contributed by atoms with Gasteiger partial charge >= 0.3 is 5.97 Å². The summed E-state index contributed by atoms with van der Waals surface area (Å²) < 4.78 is 51.3. The van der Waals surface area contributed by atoms with Gasteiger partial charge in [0, 0.05) is 13.1 Å². The molecule has 0 aromatic heterocycles. The van der Waals surface area contributed by atoms with Gasteiger partial charge in [0.25, 0.3) is 0 Å². The van der Waals surface area contributed by atoms with E-state index in [-0.39, 0.29) is 18.0 Å². The van der Waals surface area contributed by atoms with Crippen LogP contribution in [0.4, 0.5) is 4.39 Å². The van der Waals surface area contributed by atoms with Crippen molar-refractivity contribution in [2.24, 2.45) is 5.92 Å². The molecule has 0 radical (unpaired) electrons. The number of halogens is 1. The van der Waals surface area contributed by atoms with Crippen LogP contribution in [0.3, 0.4) is 0 Å². The van der Waals surface area contributed by atoms with E-state index >= 15 is 0 Å². The zero-order valence-corrected chi connectivity index (χ0v) is 17.0. The monoisotopic (exact) mass is 421 g/mol. The fraction of sp³-hybridized carbons (Fsp3) is 0.381. The Bertz CT molecular complexity index is 938. The lowest BCUT2D eigenvalue weighted by atomic mass is 9.98. The van der Waals surface area contributed by atoms with E-state index in [1.165, 1.54) is 22.5 Å². The number of benzene rings is 2. The fourth-order valence-electron chi connectivity index (χ4n) is 3.15. The van der Waals surface area contributed by atoms with Gasteiger partial charge in [-0.1, -0.05) is 19.1 Å². The molecule has 0 aliphatic carbocycles. The lowest BCUT2D eigenvalue weighted by molar-refractivity contribution is -0.140. The van der Waals surface area contributed by atoms with Gasteiger partial charge in [-0.05, 0) is 55.7 Å². The minimum absolute atomic E-state index is 0.139. The van der Waals surface area contributed by atoms with Gasteiger partial charge in [-0.2, -0.15) is 4.31 Å². The van der Waals surface area contributed by atoms with Gasteiger partial charge in [-0.3, -0.25) is 4.79 Å². The Morgan fingerprint density at radius 2 is 1.69 bits per heavy atom. The quantitative estimate of drug-likeness (QED) is 0.504. The summed E-state index contributed by atoms with van der Waals surface area (Å²) in [4.78, 5) is 12.1. The van der Waals surface area contributed by atoms with Crippen LogP contribution in [-0.4, -0.2) is 38.4 Å². The summed E-state index contributed by atoms with van der Waals surface area (Å²) in [5, 5.41) is 0. The average Bonchev–Trinajstić information content (AvgIpc) is 2.73. The van der Waals surface area contributed by atoms with E-state index < -0.39 is 27.7 Å². The van der Waals surface area contributed by atoms with Crippen molar-refractivity contribution >= 4 is 16.0 Å². The maximum atomic E-state index is 13.9. The van der Waals surface area contributed by atoms with Crippen LogP contribution in [0.1, 0.15) is 26.2 Å². The second-order valence-corrected chi connectivity index (χ2v) is 8.76. The van der Waals surface area contributed by atoms with Crippen molar-refractivity contribution < 1.29 is 27.1 Å². The summed E-state index contributed by atoms with van der Waals surface area (Å²) in [6, 6.07) is 12.1. The number of carbonyl (C=O) groups is 1. The molecule has 0 bridgehead atoms. The van der Waals surface area contributed by atoms with Crippen LogP contribution < -0.4 is 9.47 Å². The highest BCUT2D eigenvalue weighted by molar-refractivity contribution is 7.89. The minimum atomic E-state index is -3.92. The zero-order chi connectivity index (χ0) is 20.9. The highest BCUT2D eigenvalue weighted by Gasteiger charge is 2.34. The number of rotatable bonds is 7. The Morgan fingerprint density at radius 1 is 1.07 bits per heavy atom. The molecule has 6 nitrogen and oxygen atoms in total. The minimum Gasteiger partial charge on any atom is -0.494 e. The normalized spacial score (nSPS) is 15.8. The molecule has 0 atom stereocenters. The van der Waals surface area contributed by atoms with Crippen LogP contribution in [0.2, 0.25) is 0 Å². The first kappa shape index (κ1) is 21.3. The molecule has 1 aliphatic rings. The van der Waals surface area contributed by atoms with E-state index in [0.717, 1.165) is 12.5 Å². The van der Waals surface area contributed by atoms with Crippen LogP contribution in [0.15, 0.2) is 53.4 Å². The molecule has 2 aromatic carbocycles. The number of carbonyl (C=O) groups excluding carboxylic acids is 1. The van der Waals surface area contributed by atoms with E-state index in [2.05, 4.69) is 0 Å². The highest BCUT2D eigenvalue weighted by Crippen LogP contribution is 2.27. The second-order valence-electron chi connectivity index (χ2n) is 6.85. The largest absolute Gasteiger partial charge is 0.494 e. The van der Waals surface area contributed by atoms with Crippen LogP contribution in [-0.2, 0) is 14.8 Å². The van der Waals surface area contributed by atoms with Crippen LogP contribution >= 0.6 is 0 Å². The molecule has 3 rings (SSSR count). The summed E-state index contributed by atoms with van der Waals surface area (Å²) in [6.45, 7) is 2.91. The number of sulfonamides is 1. The molecular formula is C21H24FNO5S. The van der Waals surface area contributed by atoms with E-state index in [9.17, 15) is 17.6 Å². The molecular weight excluding hydrogens is 397 g/mol. The molecule has 0 spiro atoms. The highest BCUT2D eigenvalue weighted by atomic mass is 32.2. The number of esters is 1. The average molecular weight is 421 g/mol. The first-order valence-corrected chi connectivity index (χ1v) is 11.0. The molecule has 0 N–H and O–H groups in total. The Kier molecular flexibility index (Phi) is 6.87. The maximum absolute atomic E-state index is 13.9. The van der Waals surface area contributed by atoms with Crippen molar-refractivity contribution in [3.05, 3.63) is 54.3 Å². The molecule has 2 aromatic rings. The fourth-order valence-corrected chi connectivity index (χ4v) is 4.68. The van der Waals surface area contributed by atoms with Crippen molar-refractivity contribution in [1.82, 2.24) is 4.31 Å². The van der Waals surface area contributed by atoms with E-state index in [1.54, 1.807) is 24.3 Å². The summed E-state index contributed by atoms with van der Waals surface area (Å²) in [6.07, 6.45) is 1.55. The smallest absolute Gasteiger partial charge is 0.314 e. The number of ether oxygens (including phenoxy) is 2. The van der Waals surface area contributed by atoms with Gasteiger partial charge in [-0.15, -0.1) is 0 Å². The van der Waals surface area contributed by atoms with Crippen molar-refractivity contribution in [1.29, 1.82) is 0 Å². The molecule has 1 heterocycles. The molecule has 1 saturated heterocycles. The number of hydrogen-bond acceptors (Lipinski definition) is 5. The van der Waals surface area contributed by atoms with Gasteiger partial charge in [0.2, 0.25) is 10.0 Å². The molecule has 0 unspecified atom stereocenters. The molecule has 0 amide bonds.